The molecule has 0 spiro atoms. The van der Waals surface area contributed by atoms with Crippen LogP contribution in [0.1, 0.15) is 49.3 Å². The first kappa shape index (κ1) is 13.1. The monoisotopic (exact) mass is 263 g/mol. The van der Waals surface area contributed by atoms with Crippen LogP contribution in [0.5, 0.6) is 0 Å². The fourth-order valence-electron chi connectivity index (χ4n) is 3.34. The lowest BCUT2D eigenvalue weighted by molar-refractivity contribution is -0.0216. The average molecular weight is 263 g/mol. The summed E-state index contributed by atoms with van der Waals surface area (Å²) in [5.74, 6) is 0. The normalized spacial score (nSPS) is 34.8. The van der Waals surface area contributed by atoms with Gasteiger partial charge in [0, 0.05) is 12.5 Å². The highest BCUT2D eigenvalue weighted by Gasteiger charge is 2.38. The van der Waals surface area contributed by atoms with E-state index in [-0.39, 0.29) is 12.1 Å². The van der Waals surface area contributed by atoms with Crippen molar-refractivity contribution >= 4 is 0 Å². The zero-order valence-corrected chi connectivity index (χ0v) is 11.3. The maximum Gasteiger partial charge on any atom is 0.114 e. The van der Waals surface area contributed by atoms with Crippen LogP contribution in [0.3, 0.4) is 0 Å². The standard InChI is InChI=1S/C16H22FNO/c17-16(8-5-13(18)6-9-16)11-15-14-4-2-1-3-12(14)7-10-19-15/h1-4,13,15H,5-11,18H2. The van der Waals surface area contributed by atoms with Crippen molar-refractivity contribution in [3.63, 3.8) is 0 Å². The molecule has 1 aromatic carbocycles. The highest BCUT2D eigenvalue weighted by atomic mass is 19.1. The number of halogens is 1. The van der Waals surface area contributed by atoms with Gasteiger partial charge in [-0.3, -0.25) is 0 Å². The minimum atomic E-state index is -1.09. The molecule has 3 heteroatoms. The molecule has 1 heterocycles. The average Bonchev–Trinajstić information content (AvgIpc) is 2.43. The fourth-order valence-corrected chi connectivity index (χ4v) is 3.34. The molecule has 0 amide bonds. The van der Waals surface area contributed by atoms with E-state index in [9.17, 15) is 4.39 Å². The summed E-state index contributed by atoms with van der Waals surface area (Å²) in [6, 6.07) is 8.46. The summed E-state index contributed by atoms with van der Waals surface area (Å²) >= 11 is 0. The Kier molecular flexibility index (Phi) is 3.59. The second kappa shape index (κ2) is 5.22. The first-order valence-electron chi connectivity index (χ1n) is 7.30. The summed E-state index contributed by atoms with van der Waals surface area (Å²) in [5, 5.41) is 0. The smallest absolute Gasteiger partial charge is 0.114 e. The molecule has 3 rings (SSSR count). The van der Waals surface area contributed by atoms with Crippen LogP contribution in [0.25, 0.3) is 0 Å². The van der Waals surface area contributed by atoms with Gasteiger partial charge in [-0.15, -0.1) is 0 Å². The quantitative estimate of drug-likeness (QED) is 0.888. The SMILES string of the molecule is NC1CCC(F)(CC2OCCc3ccccc32)CC1. The molecule has 1 aromatic rings. The number of ether oxygens (including phenoxy) is 1. The first-order chi connectivity index (χ1) is 9.16. The van der Waals surface area contributed by atoms with Crippen molar-refractivity contribution in [2.24, 2.45) is 5.73 Å². The molecule has 0 radical (unpaired) electrons. The number of rotatable bonds is 2. The van der Waals surface area contributed by atoms with Gasteiger partial charge in [0.2, 0.25) is 0 Å². The molecule has 0 saturated heterocycles. The number of nitrogens with two attached hydrogens (primary N) is 1. The summed E-state index contributed by atoms with van der Waals surface area (Å²) in [4.78, 5) is 0. The Morgan fingerprint density at radius 1 is 1.26 bits per heavy atom. The van der Waals surface area contributed by atoms with Gasteiger partial charge in [-0.2, -0.15) is 0 Å². The second-order valence-corrected chi connectivity index (χ2v) is 6.00. The number of benzene rings is 1. The lowest BCUT2D eigenvalue weighted by Crippen LogP contribution is -2.37. The molecular formula is C16H22FNO. The molecule has 0 bridgehead atoms. The van der Waals surface area contributed by atoms with E-state index in [0.29, 0.717) is 25.9 Å². The van der Waals surface area contributed by atoms with Gasteiger partial charge in [-0.05, 0) is 43.2 Å². The lowest BCUT2D eigenvalue weighted by Gasteiger charge is -2.36. The van der Waals surface area contributed by atoms with E-state index >= 15 is 0 Å². The maximum atomic E-state index is 14.9. The number of hydrogen-bond acceptors (Lipinski definition) is 2. The van der Waals surface area contributed by atoms with E-state index < -0.39 is 5.67 Å². The molecule has 1 fully saturated rings. The van der Waals surface area contributed by atoms with Crippen LogP contribution >= 0.6 is 0 Å². The first-order valence-corrected chi connectivity index (χ1v) is 7.30. The van der Waals surface area contributed by atoms with Gasteiger partial charge in [-0.1, -0.05) is 24.3 Å². The Hall–Kier alpha value is -0.930. The molecule has 2 aliphatic rings. The van der Waals surface area contributed by atoms with Gasteiger partial charge in [0.05, 0.1) is 12.7 Å². The Balaban J connectivity index is 1.74. The minimum Gasteiger partial charge on any atom is -0.373 e. The molecule has 19 heavy (non-hydrogen) atoms. The molecule has 0 aromatic heterocycles. The maximum absolute atomic E-state index is 14.9. The van der Waals surface area contributed by atoms with E-state index in [1.165, 1.54) is 11.1 Å². The third-order valence-electron chi connectivity index (χ3n) is 4.57. The minimum absolute atomic E-state index is 0.0794. The summed E-state index contributed by atoms with van der Waals surface area (Å²) in [6.45, 7) is 0.706. The molecule has 1 unspecified atom stereocenters. The van der Waals surface area contributed by atoms with Gasteiger partial charge < -0.3 is 10.5 Å². The van der Waals surface area contributed by atoms with Crippen LogP contribution in [0, 0.1) is 0 Å². The van der Waals surface area contributed by atoms with E-state index in [4.69, 9.17) is 10.5 Å². The summed E-state index contributed by atoms with van der Waals surface area (Å²) in [7, 11) is 0. The third kappa shape index (κ3) is 2.82. The summed E-state index contributed by atoms with van der Waals surface area (Å²) in [6.07, 6.45) is 4.10. The number of fused-ring (bicyclic) bond motifs is 1. The van der Waals surface area contributed by atoms with Gasteiger partial charge in [0.15, 0.2) is 0 Å². The van der Waals surface area contributed by atoms with Crippen molar-refractivity contribution in [3.8, 4) is 0 Å². The van der Waals surface area contributed by atoms with Crippen LogP contribution in [0.15, 0.2) is 24.3 Å². The molecule has 1 atom stereocenters. The third-order valence-corrected chi connectivity index (χ3v) is 4.57. The van der Waals surface area contributed by atoms with Crippen LogP contribution in [0.4, 0.5) is 4.39 Å². The predicted molar refractivity (Wildman–Crippen MR) is 73.7 cm³/mol. The van der Waals surface area contributed by atoms with Gasteiger partial charge in [-0.25, -0.2) is 4.39 Å². The van der Waals surface area contributed by atoms with E-state index in [2.05, 4.69) is 12.1 Å². The topological polar surface area (TPSA) is 35.2 Å². The molecule has 1 aliphatic carbocycles. The Labute approximate surface area is 114 Å². The van der Waals surface area contributed by atoms with Crippen molar-refractivity contribution in [3.05, 3.63) is 35.4 Å². The van der Waals surface area contributed by atoms with Crippen LogP contribution in [-0.4, -0.2) is 18.3 Å². The highest BCUT2D eigenvalue weighted by molar-refractivity contribution is 5.31. The Morgan fingerprint density at radius 3 is 2.79 bits per heavy atom. The molecular weight excluding hydrogens is 241 g/mol. The zero-order valence-electron chi connectivity index (χ0n) is 11.3. The summed E-state index contributed by atoms with van der Waals surface area (Å²) < 4.78 is 20.7. The Bertz CT molecular complexity index is 440. The molecule has 2 N–H and O–H groups in total. The largest absolute Gasteiger partial charge is 0.373 e. The zero-order chi connectivity index (χ0) is 13.3. The van der Waals surface area contributed by atoms with Crippen molar-refractivity contribution in [1.29, 1.82) is 0 Å². The van der Waals surface area contributed by atoms with E-state index in [1.807, 2.05) is 12.1 Å². The number of alkyl halides is 1. The molecule has 1 saturated carbocycles. The summed E-state index contributed by atoms with van der Waals surface area (Å²) in [5.41, 5.74) is 7.27. The van der Waals surface area contributed by atoms with E-state index in [1.54, 1.807) is 0 Å². The van der Waals surface area contributed by atoms with Crippen LogP contribution in [0.2, 0.25) is 0 Å². The number of hydrogen-bond donors (Lipinski definition) is 1. The van der Waals surface area contributed by atoms with Gasteiger partial charge >= 0.3 is 0 Å². The van der Waals surface area contributed by atoms with Crippen molar-refractivity contribution < 1.29 is 9.13 Å². The van der Waals surface area contributed by atoms with Crippen molar-refractivity contribution in [2.75, 3.05) is 6.61 Å². The second-order valence-electron chi connectivity index (χ2n) is 6.00. The van der Waals surface area contributed by atoms with Crippen LogP contribution < -0.4 is 5.73 Å². The predicted octanol–water partition coefficient (Wildman–Crippen LogP) is 3.30. The fraction of sp³-hybridized carbons (Fsp3) is 0.625. The van der Waals surface area contributed by atoms with Crippen molar-refractivity contribution in [1.82, 2.24) is 0 Å². The molecule has 2 nitrogen and oxygen atoms in total. The van der Waals surface area contributed by atoms with Crippen LogP contribution in [-0.2, 0) is 11.2 Å². The van der Waals surface area contributed by atoms with Gasteiger partial charge in [0.1, 0.15) is 5.67 Å². The van der Waals surface area contributed by atoms with Gasteiger partial charge in [0.25, 0.3) is 0 Å². The van der Waals surface area contributed by atoms with Crippen molar-refractivity contribution in [2.45, 2.75) is 56.3 Å². The molecule has 104 valence electrons. The Morgan fingerprint density at radius 2 is 2.00 bits per heavy atom. The highest BCUT2D eigenvalue weighted by Crippen LogP contribution is 2.41. The lowest BCUT2D eigenvalue weighted by atomic mass is 9.78. The molecule has 1 aliphatic heterocycles. The van der Waals surface area contributed by atoms with E-state index in [0.717, 1.165) is 19.3 Å².